The van der Waals surface area contributed by atoms with Crippen LogP contribution in [-0.2, 0) is 12.1 Å². The van der Waals surface area contributed by atoms with Gasteiger partial charge in [0.2, 0.25) is 0 Å². The van der Waals surface area contributed by atoms with Gasteiger partial charge in [-0.2, -0.15) is 0 Å². The van der Waals surface area contributed by atoms with Crippen LogP contribution in [-0.4, -0.2) is 10.1 Å². The number of nitrogens with zero attached hydrogens (tertiary/aromatic N) is 1. The third-order valence-corrected chi connectivity index (χ3v) is 5.53. The number of fused-ring (bicyclic) bond motifs is 1. The van der Waals surface area contributed by atoms with Crippen LogP contribution in [0.25, 0.3) is 22.1 Å². The van der Waals surface area contributed by atoms with Crippen LogP contribution in [0.4, 0.5) is 4.39 Å². The summed E-state index contributed by atoms with van der Waals surface area (Å²) in [5.41, 5.74) is 7.60. The Kier molecular flexibility index (Phi) is 6.00. The van der Waals surface area contributed by atoms with Crippen molar-refractivity contribution < 1.29 is 13.9 Å². The maximum absolute atomic E-state index is 13.3. The lowest BCUT2D eigenvalue weighted by atomic mass is 9.93. The summed E-state index contributed by atoms with van der Waals surface area (Å²) in [6, 6.07) is 21.8. The predicted octanol–water partition coefficient (Wildman–Crippen LogP) is 3.98. The molecule has 4 aromatic rings. The maximum atomic E-state index is 13.3. The zero-order valence-electron chi connectivity index (χ0n) is 18.0. The monoisotopic (exact) mass is 445 g/mol. The molecule has 0 fully saturated rings. The first-order valence-corrected chi connectivity index (χ1v) is 10.3. The van der Waals surface area contributed by atoms with Crippen LogP contribution in [0.2, 0.25) is 0 Å². The van der Waals surface area contributed by atoms with Gasteiger partial charge in [-0.05, 0) is 47.4 Å². The Labute approximate surface area is 190 Å². The lowest BCUT2D eigenvalue weighted by Gasteiger charge is -2.26. The molecule has 0 saturated carbocycles. The molecule has 1 aromatic heterocycles. The van der Waals surface area contributed by atoms with Crippen molar-refractivity contribution in [2.45, 2.75) is 19.1 Å². The summed E-state index contributed by atoms with van der Waals surface area (Å²) in [4.78, 5) is 12.1. The lowest BCUT2D eigenvalue weighted by molar-refractivity contribution is 0.0931. The molecule has 0 amide bonds. The summed E-state index contributed by atoms with van der Waals surface area (Å²) in [6.07, 6.45) is 1.47. The fourth-order valence-corrected chi connectivity index (χ4v) is 3.66. The second kappa shape index (κ2) is 8.90. The largest absolute Gasteiger partial charge is 0.423 e. The summed E-state index contributed by atoms with van der Waals surface area (Å²) in [5, 5.41) is 12.9. The zero-order chi connectivity index (χ0) is 23.6. The first-order chi connectivity index (χ1) is 15.7. The van der Waals surface area contributed by atoms with Gasteiger partial charge >= 0.3 is 5.63 Å². The minimum atomic E-state index is -1.39. The summed E-state index contributed by atoms with van der Waals surface area (Å²) >= 11 is 0. The van der Waals surface area contributed by atoms with E-state index in [2.05, 4.69) is 0 Å². The summed E-state index contributed by atoms with van der Waals surface area (Å²) in [7, 11) is 0. The Balaban J connectivity index is 1.61. The standard InChI is InChI=1S/C26H24FN3O3/c1-26(32,19-5-3-2-4-6-19)24(28)16-30(29)15-17-7-12-21-22(14-25(31)33-23(21)13-17)18-8-10-20(27)11-9-18/h2-14,16,32H,15,28-29H2,1H3/b24-16-. The molecule has 1 atom stereocenters. The van der Waals surface area contributed by atoms with E-state index in [4.69, 9.17) is 16.0 Å². The van der Waals surface area contributed by atoms with Crippen molar-refractivity contribution in [3.8, 4) is 11.1 Å². The molecule has 7 heteroatoms. The third-order valence-electron chi connectivity index (χ3n) is 5.53. The quantitative estimate of drug-likeness (QED) is 0.236. The average Bonchev–Trinajstić information content (AvgIpc) is 2.79. The minimum Gasteiger partial charge on any atom is -0.423 e. The highest BCUT2D eigenvalue weighted by atomic mass is 19.1. The molecule has 1 unspecified atom stereocenters. The molecule has 6 nitrogen and oxygen atoms in total. The smallest absolute Gasteiger partial charge is 0.336 e. The molecule has 0 radical (unpaired) electrons. The SMILES string of the molecule is CC(O)(/C(N)=C/N(N)Cc1ccc2c(-c3ccc(F)cc3)cc(=O)oc2c1)c1ccccc1. The summed E-state index contributed by atoms with van der Waals surface area (Å²) < 4.78 is 18.7. The molecule has 168 valence electrons. The molecule has 0 aliphatic heterocycles. The Morgan fingerprint density at radius 1 is 1.09 bits per heavy atom. The van der Waals surface area contributed by atoms with Gasteiger partial charge in [0.15, 0.2) is 0 Å². The number of benzene rings is 3. The van der Waals surface area contributed by atoms with Gasteiger partial charge in [-0.3, -0.25) is 0 Å². The van der Waals surface area contributed by atoms with Crippen LogP contribution in [0.5, 0.6) is 0 Å². The first-order valence-electron chi connectivity index (χ1n) is 10.3. The van der Waals surface area contributed by atoms with Crippen molar-refractivity contribution in [2.24, 2.45) is 11.6 Å². The molecule has 0 aliphatic rings. The Hall–Kier alpha value is -3.94. The fourth-order valence-electron chi connectivity index (χ4n) is 3.66. The number of rotatable bonds is 6. The third kappa shape index (κ3) is 4.79. The molecule has 5 N–H and O–H groups in total. The van der Waals surface area contributed by atoms with Gasteiger partial charge in [-0.1, -0.05) is 54.6 Å². The van der Waals surface area contributed by atoms with E-state index in [1.807, 2.05) is 30.3 Å². The number of hydrazine groups is 1. The van der Waals surface area contributed by atoms with Crippen molar-refractivity contribution in [2.75, 3.05) is 0 Å². The van der Waals surface area contributed by atoms with E-state index in [0.717, 1.165) is 10.9 Å². The van der Waals surface area contributed by atoms with Crippen LogP contribution in [0.1, 0.15) is 18.1 Å². The van der Waals surface area contributed by atoms with E-state index in [0.29, 0.717) is 22.3 Å². The van der Waals surface area contributed by atoms with Crippen LogP contribution in [0.15, 0.2) is 100.0 Å². The zero-order valence-corrected chi connectivity index (χ0v) is 18.0. The highest BCUT2D eigenvalue weighted by Gasteiger charge is 2.26. The molecule has 33 heavy (non-hydrogen) atoms. The normalized spacial score (nSPS) is 13.6. The van der Waals surface area contributed by atoms with E-state index < -0.39 is 11.2 Å². The fraction of sp³-hybridized carbons (Fsp3) is 0.115. The van der Waals surface area contributed by atoms with Crippen LogP contribution in [0, 0.1) is 5.82 Å². The van der Waals surface area contributed by atoms with Gasteiger partial charge < -0.3 is 20.3 Å². The van der Waals surface area contributed by atoms with Gasteiger partial charge in [0, 0.05) is 17.7 Å². The van der Waals surface area contributed by atoms with Crippen LogP contribution < -0.4 is 17.2 Å². The molecule has 0 aliphatic carbocycles. The highest BCUT2D eigenvalue weighted by Crippen LogP contribution is 2.29. The van der Waals surface area contributed by atoms with Crippen molar-refractivity contribution in [1.29, 1.82) is 0 Å². The van der Waals surface area contributed by atoms with E-state index >= 15 is 0 Å². The minimum absolute atomic E-state index is 0.183. The van der Waals surface area contributed by atoms with Gasteiger partial charge in [-0.15, -0.1) is 0 Å². The molecular weight excluding hydrogens is 421 g/mol. The highest BCUT2D eigenvalue weighted by molar-refractivity contribution is 5.93. The molecule has 3 aromatic carbocycles. The van der Waals surface area contributed by atoms with Crippen LogP contribution >= 0.6 is 0 Å². The van der Waals surface area contributed by atoms with Crippen molar-refractivity contribution in [3.63, 3.8) is 0 Å². The number of hydrogen-bond donors (Lipinski definition) is 3. The Morgan fingerprint density at radius 2 is 1.79 bits per heavy atom. The lowest BCUT2D eigenvalue weighted by Crippen LogP contribution is -2.33. The van der Waals surface area contributed by atoms with Crippen molar-refractivity contribution in [1.82, 2.24) is 5.01 Å². The maximum Gasteiger partial charge on any atom is 0.336 e. The van der Waals surface area contributed by atoms with Gasteiger partial charge in [0.05, 0.1) is 12.2 Å². The molecular formula is C26H24FN3O3. The topological polar surface area (TPSA) is 106 Å². The average molecular weight is 445 g/mol. The second-order valence-corrected chi connectivity index (χ2v) is 8.01. The van der Waals surface area contributed by atoms with E-state index in [-0.39, 0.29) is 18.1 Å². The molecule has 0 saturated heterocycles. The van der Waals surface area contributed by atoms with Gasteiger partial charge in [-0.25, -0.2) is 15.0 Å². The number of hydrogen-bond acceptors (Lipinski definition) is 6. The van der Waals surface area contributed by atoms with Crippen molar-refractivity contribution in [3.05, 3.63) is 118 Å². The molecule has 0 bridgehead atoms. The number of nitrogens with two attached hydrogens (primary N) is 2. The van der Waals surface area contributed by atoms with Crippen LogP contribution in [0.3, 0.4) is 0 Å². The van der Waals surface area contributed by atoms with Crippen molar-refractivity contribution >= 4 is 11.0 Å². The van der Waals surface area contributed by atoms with E-state index in [1.165, 1.54) is 29.4 Å². The van der Waals surface area contributed by atoms with E-state index in [9.17, 15) is 14.3 Å². The van der Waals surface area contributed by atoms with Gasteiger partial charge in [0.25, 0.3) is 0 Å². The summed E-state index contributed by atoms with van der Waals surface area (Å²) in [5.74, 6) is 5.78. The molecule has 0 spiro atoms. The second-order valence-electron chi connectivity index (χ2n) is 8.01. The summed E-state index contributed by atoms with van der Waals surface area (Å²) in [6.45, 7) is 1.86. The first kappa shape index (κ1) is 22.3. The number of aliphatic hydroxyl groups is 1. The Bertz CT molecular complexity index is 1360. The Morgan fingerprint density at radius 3 is 2.48 bits per heavy atom. The van der Waals surface area contributed by atoms with Gasteiger partial charge in [0.1, 0.15) is 17.0 Å². The molecule has 4 rings (SSSR count). The van der Waals surface area contributed by atoms with E-state index in [1.54, 1.807) is 37.3 Å². The molecule has 1 heterocycles. The predicted molar refractivity (Wildman–Crippen MR) is 126 cm³/mol. The number of halogens is 1.